The van der Waals surface area contributed by atoms with E-state index in [0.717, 1.165) is 56.4 Å². The van der Waals surface area contributed by atoms with Crippen LogP contribution in [0.5, 0.6) is 0 Å². The van der Waals surface area contributed by atoms with Crippen LogP contribution in [-0.2, 0) is 16.0 Å². The Hall–Kier alpha value is -1.84. The second kappa shape index (κ2) is 8.70. The highest BCUT2D eigenvalue weighted by Gasteiger charge is 2.31. The molecule has 1 aromatic rings. The maximum Gasteiger partial charge on any atom is 0.227 e. The van der Waals surface area contributed by atoms with Crippen LogP contribution in [0.1, 0.15) is 63.0 Å². The molecular formula is C22H32N2O2. The summed E-state index contributed by atoms with van der Waals surface area (Å²) in [5.74, 6) is 0.678. The van der Waals surface area contributed by atoms with Gasteiger partial charge >= 0.3 is 0 Å². The highest BCUT2D eigenvalue weighted by molar-refractivity contribution is 5.94. The Kier molecular flexibility index (Phi) is 6.33. The highest BCUT2D eigenvalue weighted by atomic mass is 16.2. The first-order chi connectivity index (χ1) is 12.6. The Labute approximate surface area is 157 Å². The molecule has 1 saturated heterocycles. The highest BCUT2D eigenvalue weighted by Crippen LogP contribution is 2.28. The van der Waals surface area contributed by atoms with E-state index in [9.17, 15) is 9.59 Å². The number of hydrogen-bond acceptors (Lipinski definition) is 2. The van der Waals surface area contributed by atoms with Crippen molar-refractivity contribution in [2.45, 2.75) is 65.2 Å². The van der Waals surface area contributed by atoms with E-state index in [1.54, 1.807) is 0 Å². The molecule has 1 aromatic carbocycles. The number of amides is 2. The van der Waals surface area contributed by atoms with Crippen LogP contribution in [0.3, 0.4) is 0 Å². The molecule has 2 fully saturated rings. The van der Waals surface area contributed by atoms with Crippen molar-refractivity contribution in [1.82, 2.24) is 4.90 Å². The fourth-order valence-electron chi connectivity index (χ4n) is 4.40. The van der Waals surface area contributed by atoms with Crippen LogP contribution in [0.25, 0.3) is 0 Å². The van der Waals surface area contributed by atoms with Gasteiger partial charge in [0.1, 0.15) is 0 Å². The zero-order chi connectivity index (χ0) is 18.5. The van der Waals surface area contributed by atoms with Crippen molar-refractivity contribution in [3.05, 3.63) is 29.3 Å². The van der Waals surface area contributed by atoms with Crippen molar-refractivity contribution < 1.29 is 9.59 Å². The molecule has 0 atom stereocenters. The van der Waals surface area contributed by atoms with Gasteiger partial charge in [-0.3, -0.25) is 9.59 Å². The number of aryl methyl sites for hydroxylation is 2. The molecule has 4 nitrogen and oxygen atoms in total. The molecule has 142 valence electrons. The molecule has 0 bridgehead atoms. The third kappa shape index (κ3) is 4.28. The number of carbonyl (C=O) groups excluding carboxylic acids is 2. The average Bonchev–Trinajstić information content (AvgIpc) is 2.69. The molecule has 3 rings (SSSR count). The second-order valence-corrected chi connectivity index (χ2v) is 7.89. The molecule has 0 spiro atoms. The SMILES string of the molecule is CCc1cccc(C)c1NC(=O)C1CCN(C(=O)C2CCCCC2)CC1. The fraction of sp³-hybridized carbons (Fsp3) is 0.636. The lowest BCUT2D eigenvalue weighted by Crippen LogP contribution is -2.44. The summed E-state index contributed by atoms with van der Waals surface area (Å²) >= 11 is 0. The number of rotatable bonds is 4. The molecule has 2 amide bonds. The lowest BCUT2D eigenvalue weighted by molar-refractivity contribution is -0.139. The van der Waals surface area contributed by atoms with Gasteiger partial charge < -0.3 is 10.2 Å². The number of likely N-dealkylation sites (tertiary alicyclic amines) is 1. The molecule has 1 saturated carbocycles. The number of carbonyl (C=O) groups is 2. The zero-order valence-electron chi connectivity index (χ0n) is 16.2. The number of para-hydroxylation sites is 1. The minimum atomic E-state index is 0.00900. The van der Waals surface area contributed by atoms with Gasteiger partial charge in [0.05, 0.1) is 0 Å². The normalized spacial score (nSPS) is 19.4. The van der Waals surface area contributed by atoms with E-state index in [2.05, 4.69) is 18.3 Å². The van der Waals surface area contributed by atoms with E-state index in [-0.39, 0.29) is 17.7 Å². The van der Waals surface area contributed by atoms with Gasteiger partial charge in [-0.1, -0.05) is 44.4 Å². The second-order valence-electron chi connectivity index (χ2n) is 7.89. The quantitative estimate of drug-likeness (QED) is 0.874. The minimum Gasteiger partial charge on any atom is -0.342 e. The van der Waals surface area contributed by atoms with Crippen LogP contribution in [0.2, 0.25) is 0 Å². The number of anilines is 1. The van der Waals surface area contributed by atoms with E-state index in [4.69, 9.17) is 0 Å². The van der Waals surface area contributed by atoms with Gasteiger partial charge in [0, 0.05) is 30.6 Å². The molecule has 1 aliphatic heterocycles. The van der Waals surface area contributed by atoms with Crippen LogP contribution >= 0.6 is 0 Å². The van der Waals surface area contributed by atoms with Crippen molar-refractivity contribution in [3.8, 4) is 0 Å². The van der Waals surface area contributed by atoms with Gasteiger partial charge in [0.15, 0.2) is 0 Å². The van der Waals surface area contributed by atoms with Crippen molar-refractivity contribution in [1.29, 1.82) is 0 Å². The molecule has 0 aromatic heterocycles. The molecule has 1 N–H and O–H groups in total. The third-order valence-electron chi connectivity index (χ3n) is 6.12. The summed E-state index contributed by atoms with van der Waals surface area (Å²) in [5.41, 5.74) is 3.27. The van der Waals surface area contributed by atoms with Crippen LogP contribution in [0, 0.1) is 18.8 Å². The maximum atomic E-state index is 12.8. The molecule has 0 radical (unpaired) electrons. The predicted octanol–water partition coefficient (Wildman–Crippen LogP) is 4.31. The first kappa shape index (κ1) is 18.9. The van der Waals surface area contributed by atoms with Crippen LogP contribution in [0.4, 0.5) is 5.69 Å². The molecular weight excluding hydrogens is 324 g/mol. The number of hydrogen-bond donors (Lipinski definition) is 1. The van der Waals surface area contributed by atoms with Gasteiger partial charge in [-0.05, 0) is 50.2 Å². The number of nitrogens with zero attached hydrogens (tertiary/aromatic N) is 1. The van der Waals surface area contributed by atoms with Gasteiger partial charge in [0.2, 0.25) is 11.8 Å². The summed E-state index contributed by atoms with van der Waals surface area (Å²) < 4.78 is 0. The lowest BCUT2D eigenvalue weighted by atomic mass is 9.87. The molecule has 1 aliphatic carbocycles. The van der Waals surface area contributed by atoms with E-state index in [1.807, 2.05) is 24.0 Å². The van der Waals surface area contributed by atoms with Crippen LogP contribution < -0.4 is 5.32 Å². The van der Waals surface area contributed by atoms with Crippen molar-refractivity contribution in [2.75, 3.05) is 18.4 Å². The summed E-state index contributed by atoms with van der Waals surface area (Å²) in [5, 5.41) is 3.16. The summed E-state index contributed by atoms with van der Waals surface area (Å²) in [7, 11) is 0. The average molecular weight is 357 g/mol. The zero-order valence-corrected chi connectivity index (χ0v) is 16.2. The predicted molar refractivity (Wildman–Crippen MR) is 105 cm³/mol. The molecule has 26 heavy (non-hydrogen) atoms. The molecule has 2 aliphatic rings. The molecule has 1 heterocycles. The molecule has 4 heteroatoms. The number of piperidine rings is 1. The Morgan fingerprint density at radius 2 is 1.73 bits per heavy atom. The standard InChI is InChI=1S/C22H32N2O2/c1-3-17-11-7-8-16(2)20(17)23-21(25)18-12-14-24(15-13-18)22(26)19-9-5-4-6-10-19/h7-8,11,18-19H,3-6,9-10,12-15H2,1-2H3,(H,23,25). The Morgan fingerprint density at radius 3 is 2.38 bits per heavy atom. The minimum absolute atomic E-state index is 0.00900. The van der Waals surface area contributed by atoms with E-state index in [1.165, 1.54) is 24.8 Å². The summed E-state index contributed by atoms with van der Waals surface area (Å²) in [6.45, 7) is 5.60. The molecule has 0 unspecified atom stereocenters. The Balaban J connectivity index is 1.55. The largest absolute Gasteiger partial charge is 0.342 e. The smallest absolute Gasteiger partial charge is 0.227 e. The monoisotopic (exact) mass is 356 g/mol. The first-order valence-corrected chi connectivity index (χ1v) is 10.3. The van der Waals surface area contributed by atoms with Crippen molar-refractivity contribution in [2.24, 2.45) is 11.8 Å². The third-order valence-corrected chi connectivity index (χ3v) is 6.12. The van der Waals surface area contributed by atoms with Crippen LogP contribution in [-0.4, -0.2) is 29.8 Å². The Bertz CT molecular complexity index is 642. The summed E-state index contributed by atoms with van der Waals surface area (Å²) in [4.78, 5) is 27.4. The Morgan fingerprint density at radius 1 is 1.04 bits per heavy atom. The van der Waals surface area contributed by atoms with Gasteiger partial charge in [-0.15, -0.1) is 0 Å². The summed E-state index contributed by atoms with van der Waals surface area (Å²) in [6.07, 6.45) is 8.20. The summed E-state index contributed by atoms with van der Waals surface area (Å²) in [6, 6.07) is 6.16. The lowest BCUT2D eigenvalue weighted by Gasteiger charge is -2.34. The topological polar surface area (TPSA) is 49.4 Å². The van der Waals surface area contributed by atoms with Crippen molar-refractivity contribution in [3.63, 3.8) is 0 Å². The van der Waals surface area contributed by atoms with Gasteiger partial charge in [-0.2, -0.15) is 0 Å². The van der Waals surface area contributed by atoms with E-state index >= 15 is 0 Å². The first-order valence-electron chi connectivity index (χ1n) is 10.3. The van der Waals surface area contributed by atoms with Crippen LogP contribution in [0.15, 0.2) is 18.2 Å². The van der Waals surface area contributed by atoms with E-state index < -0.39 is 0 Å². The van der Waals surface area contributed by atoms with E-state index in [0.29, 0.717) is 5.91 Å². The maximum absolute atomic E-state index is 12.8. The van der Waals surface area contributed by atoms with Gasteiger partial charge in [-0.25, -0.2) is 0 Å². The fourth-order valence-corrected chi connectivity index (χ4v) is 4.40. The number of nitrogens with one attached hydrogen (secondary N) is 1. The van der Waals surface area contributed by atoms with Gasteiger partial charge in [0.25, 0.3) is 0 Å². The van der Waals surface area contributed by atoms with Crippen molar-refractivity contribution >= 4 is 17.5 Å². The number of benzene rings is 1.